The van der Waals surface area contributed by atoms with Crippen LogP contribution in [0.5, 0.6) is 0 Å². The molecule has 3 aromatic rings. The van der Waals surface area contributed by atoms with Gasteiger partial charge in [-0.25, -0.2) is 14.2 Å². The number of benzene rings is 2. The van der Waals surface area contributed by atoms with Crippen LogP contribution in [0.25, 0.3) is 10.9 Å². The fraction of sp³-hybridized carbons (Fsp3) is 0.0588. The summed E-state index contributed by atoms with van der Waals surface area (Å²) in [7, 11) is 1.25. The van der Waals surface area contributed by atoms with Crippen molar-refractivity contribution in [3.8, 4) is 0 Å². The predicted octanol–water partition coefficient (Wildman–Crippen LogP) is 4.56. The highest BCUT2D eigenvalue weighted by molar-refractivity contribution is 6.30. The van der Waals surface area contributed by atoms with Crippen molar-refractivity contribution in [1.82, 2.24) is 4.98 Å². The Morgan fingerprint density at radius 3 is 2.74 bits per heavy atom. The molecule has 1 heterocycles. The molecule has 0 aliphatic heterocycles. The summed E-state index contributed by atoms with van der Waals surface area (Å²) in [4.78, 5) is 15.8. The van der Waals surface area contributed by atoms with Crippen LogP contribution in [0.4, 0.5) is 15.8 Å². The number of hydrogen-bond donors (Lipinski definition) is 1. The fourth-order valence-electron chi connectivity index (χ4n) is 2.25. The zero-order valence-electron chi connectivity index (χ0n) is 12.1. The van der Waals surface area contributed by atoms with Gasteiger partial charge < -0.3 is 10.1 Å². The molecule has 4 nitrogen and oxygen atoms in total. The van der Waals surface area contributed by atoms with Crippen LogP contribution in [0.2, 0.25) is 5.02 Å². The third kappa shape index (κ3) is 3.10. The molecule has 23 heavy (non-hydrogen) atoms. The standard InChI is InChI=1S/C17H12ClFN2O2/c1-23-17(22)15-9-14(20-11-5-2-4-10(18)8-11)12-6-3-7-13(19)16(12)21-15/h2-9H,1H3,(H,20,21). The fourth-order valence-corrected chi connectivity index (χ4v) is 2.44. The number of nitrogens with zero attached hydrogens (tertiary/aromatic N) is 1. The Hall–Kier alpha value is -2.66. The quantitative estimate of drug-likeness (QED) is 0.715. The van der Waals surface area contributed by atoms with Gasteiger partial charge in [0.25, 0.3) is 0 Å². The molecule has 0 saturated heterocycles. The Balaban J connectivity index is 2.17. The molecule has 1 N–H and O–H groups in total. The highest BCUT2D eigenvalue weighted by atomic mass is 35.5. The van der Waals surface area contributed by atoms with Gasteiger partial charge in [-0.15, -0.1) is 0 Å². The number of nitrogens with one attached hydrogen (secondary N) is 1. The van der Waals surface area contributed by atoms with Crippen molar-refractivity contribution in [3.05, 3.63) is 65.1 Å². The smallest absolute Gasteiger partial charge is 0.356 e. The maximum absolute atomic E-state index is 14.1. The lowest BCUT2D eigenvalue weighted by Gasteiger charge is -2.12. The molecule has 0 amide bonds. The van der Waals surface area contributed by atoms with Gasteiger partial charge in [0.2, 0.25) is 0 Å². The van der Waals surface area contributed by atoms with E-state index < -0.39 is 11.8 Å². The first kappa shape index (κ1) is 15.2. The normalized spacial score (nSPS) is 10.6. The monoisotopic (exact) mass is 330 g/mol. The van der Waals surface area contributed by atoms with Crippen molar-refractivity contribution >= 4 is 39.8 Å². The zero-order valence-corrected chi connectivity index (χ0v) is 12.9. The number of hydrogen-bond acceptors (Lipinski definition) is 4. The molecule has 0 aliphatic rings. The van der Waals surface area contributed by atoms with E-state index >= 15 is 0 Å². The number of para-hydroxylation sites is 1. The van der Waals surface area contributed by atoms with E-state index in [9.17, 15) is 9.18 Å². The zero-order chi connectivity index (χ0) is 16.4. The van der Waals surface area contributed by atoms with E-state index in [2.05, 4.69) is 15.0 Å². The molecular formula is C17H12ClFN2O2. The highest BCUT2D eigenvalue weighted by Crippen LogP contribution is 2.29. The van der Waals surface area contributed by atoms with Gasteiger partial charge in [-0.3, -0.25) is 0 Å². The van der Waals surface area contributed by atoms with E-state index in [1.54, 1.807) is 30.3 Å². The van der Waals surface area contributed by atoms with Crippen LogP contribution in [0, 0.1) is 5.82 Å². The molecule has 0 spiro atoms. The molecule has 0 bridgehead atoms. The minimum absolute atomic E-state index is 0.0228. The van der Waals surface area contributed by atoms with Gasteiger partial charge >= 0.3 is 5.97 Å². The first-order chi connectivity index (χ1) is 11.1. The Morgan fingerprint density at radius 2 is 2.00 bits per heavy atom. The number of anilines is 2. The van der Waals surface area contributed by atoms with E-state index in [1.807, 2.05) is 6.07 Å². The first-order valence-corrected chi connectivity index (χ1v) is 7.16. The third-order valence-corrected chi connectivity index (χ3v) is 3.52. The molecule has 116 valence electrons. The minimum Gasteiger partial charge on any atom is -0.464 e. The molecule has 0 fully saturated rings. The molecule has 3 rings (SSSR count). The van der Waals surface area contributed by atoms with E-state index in [4.69, 9.17) is 11.6 Å². The van der Waals surface area contributed by atoms with Crippen LogP contribution < -0.4 is 5.32 Å². The molecule has 0 atom stereocenters. The number of ether oxygens (including phenoxy) is 1. The number of esters is 1. The lowest BCUT2D eigenvalue weighted by molar-refractivity contribution is 0.0594. The number of halogens is 2. The van der Waals surface area contributed by atoms with Crippen molar-refractivity contribution in [2.45, 2.75) is 0 Å². The summed E-state index contributed by atoms with van der Waals surface area (Å²) in [5, 5.41) is 4.25. The second-order valence-electron chi connectivity index (χ2n) is 4.82. The summed E-state index contributed by atoms with van der Waals surface area (Å²) in [6, 6.07) is 13.2. The maximum atomic E-state index is 14.1. The third-order valence-electron chi connectivity index (χ3n) is 3.29. The summed E-state index contributed by atoms with van der Waals surface area (Å²) >= 11 is 5.97. The molecule has 0 saturated carbocycles. The van der Waals surface area contributed by atoms with Crippen LogP contribution >= 0.6 is 11.6 Å². The average molecular weight is 331 g/mol. The van der Waals surface area contributed by atoms with Crippen molar-refractivity contribution < 1.29 is 13.9 Å². The molecule has 6 heteroatoms. The predicted molar refractivity (Wildman–Crippen MR) is 87.8 cm³/mol. The summed E-state index contributed by atoms with van der Waals surface area (Å²) in [6.07, 6.45) is 0. The maximum Gasteiger partial charge on any atom is 0.356 e. The van der Waals surface area contributed by atoms with Gasteiger partial charge in [0.05, 0.1) is 12.8 Å². The van der Waals surface area contributed by atoms with E-state index in [0.717, 1.165) is 0 Å². The Kier molecular flexibility index (Phi) is 4.12. The van der Waals surface area contributed by atoms with Crippen LogP contribution in [0.1, 0.15) is 10.5 Å². The highest BCUT2D eigenvalue weighted by Gasteiger charge is 2.14. The van der Waals surface area contributed by atoms with Crippen molar-refractivity contribution in [2.24, 2.45) is 0 Å². The van der Waals surface area contributed by atoms with E-state index in [0.29, 0.717) is 21.8 Å². The topological polar surface area (TPSA) is 51.2 Å². The van der Waals surface area contributed by atoms with Crippen LogP contribution in [-0.2, 0) is 4.74 Å². The van der Waals surface area contributed by atoms with Gasteiger partial charge in [-0.1, -0.05) is 29.8 Å². The largest absolute Gasteiger partial charge is 0.464 e. The second kappa shape index (κ2) is 6.22. The number of rotatable bonds is 3. The van der Waals surface area contributed by atoms with Crippen LogP contribution in [0.15, 0.2) is 48.5 Å². The molecule has 0 radical (unpaired) electrons. The number of fused-ring (bicyclic) bond motifs is 1. The Labute approximate surface area is 136 Å². The number of aromatic nitrogens is 1. The molecule has 0 unspecified atom stereocenters. The number of pyridine rings is 1. The number of carbonyl (C=O) groups excluding carboxylic acids is 1. The van der Waals surface area contributed by atoms with Gasteiger partial charge in [-0.2, -0.15) is 0 Å². The minimum atomic E-state index is -0.635. The van der Waals surface area contributed by atoms with Crippen LogP contribution in [-0.4, -0.2) is 18.1 Å². The molecular weight excluding hydrogens is 319 g/mol. The molecule has 0 aliphatic carbocycles. The van der Waals surface area contributed by atoms with Gasteiger partial charge in [-0.05, 0) is 30.3 Å². The lowest BCUT2D eigenvalue weighted by Crippen LogP contribution is -2.06. The van der Waals surface area contributed by atoms with Gasteiger partial charge in [0, 0.05) is 16.1 Å². The Morgan fingerprint density at radius 1 is 1.22 bits per heavy atom. The van der Waals surface area contributed by atoms with E-state index in [1.165, 1.54) is 19.2 Å². The van der Waals surface area contributed by atoms with Gasteiger partial charge in [0.15, 0.2) is 5.69 Å². The van der Waals surface area contributed by atoms with Crippen LogP contribution in [0.3, 0.4) is 0 Å². The van der Waals surface area contributed by atoms with Crippen molar-refractivity contribution in [1.29, 1.82) is 0 Å². The van der Waals surface area contributed by atoms with Crippen molar-refractivity contribution in [2.75, 3.05) is 12.4 Å². The lowest BCUT2D eigenvalue weighted by atomic mass is 10.1. The van der Waals surface area contributed by atoms with Gasteiger partial charge in [0.1, 0.15) is 11.3 Å². The summed E-state index contributed by atoms with van der Waals surface area (Å²) in [6.45, 7) is 0. The summed E-state index contributed by atoms with van der Waals surface area (Å²) < 4.78 is 18.7. The van der Waals surface area contributed by atoms with E-state index in [-0.39, 0.29) is 11.2 Å². The number of carbonyl (C=O) groups is 1. The summed E-state index contributed by atoms with van der Waals surface area (Å²) in [5.74, 6) is -1.15. The number of methoxy groups -OCH3 is 1. The second-order valence-corrected chi connectivity index (χ2v) is 5.25. The first-order valence-electron chi connectivity index (χ1n) is 6.78. The average Bonchev–Trinajstić information content (AvgIpc) is 2.55. The molecule has 1 aromatic heterocycles. The summed E-state index contributed by atoms with van der Waals surface area (Å²) in [5.41, 5.74) is 1.37. The SMILES string of the molecule is COC(=O)c1cc(Nc2cccc(Cl)c2)c2cccc(F)c2n1. The molecule has 2 aromatic carbocycles. The van der Waals surface area contributed by atoms with Crippen molar-refractivity contribution in [3.63, 3.8) is 0 Å². The Bertz CT molecular complexity index is 899.